The van der Waals surface area contributed by atoms with E-state index in [4.69, 9.17) is 5.10 Å². The van der Waals surface area contributed by atoms with Gasteiger partial charge in [-0.2, -0.15) is 5.10 Å². The number of ether oxygens (including phenoxy) is 1. The van der Waals surface area contributed by atoms with E-state index in [1.54, 1.807) is 25.1 Å². The zero-order valence-electron chi connectivity index (χ0n) is 17.0. The summed E-state index contributed by atoms with van der Waals surface area (Å²) in [6, 6.07) is 15.0. The molecule has 3 heterocycles. The molecular weight excluding hydrogens is 421 g/mol. The number of benzene rings is 2. The van der Waals surface area contributed by atoms with Crippen molar-refractivity contribution in [3.63, 3.8) is 0 Å². The van der Waals surface area contributed by atoms with Gasteiger partial charge in [-0.15, -0.1) is 13.2 Å². The number of rotatable bonds is 3. The third-order valence-corrected chi connectivity index (χ3v) is 5.67. The summed E-state index contributed by atoms with van der Waals surface area (Å²) >= 11 is 0. The third kappa shape index (κ3) is 3.75. The average molecular weight is 440 g/mol. The third-order valence-electron chi connectivity index (χ3n) is 5.67. The maximum absolute atomic E-state index is 12.8. The van der Waals surface area contributed by atoms with Crippen molar-refractivity contribution in [2.75, 3.05) is 0 Å². The molecule has 1 aliphatic heterocycles. The highest BCUT2D eigenvalue weighted by molar-refractivity contribution is 5.82. The first-order chi connectivity index (χ1) is 15.3. The molecular formula is C23H19F3N4O2. The number of hydrogen-bond acceptors (Lipinski definition) is 4. The Morgan fingerprint density at radius 1 is 1.12 bits per heavy atom. The second-order valence-electron chi connectivity index (χ2n) is 7.75. The molecule has 0 spiro atoms. The Morgan fingerprint density at radius 3 is 2.62 bits per heavy atom. The number of nitrogens with one attached hydrogen (secondary N) is 2. The van der Waals surface area contributed by atoms with Gasteiger partial charge >= 0.3 is 6.36 Å². The first-order valence-electron chi connectivity index (χ1n) is 10.1. The molecule has 0 saturated heterocycles. The number of alkyl halides is 3. The van der Waals surface area contributed by atoms with Gasteiger partial charge in [0.2, 0.25) is 0 Å². The van der Waals surface area contributed by atoms with Gasteiger partial charge in [-0.1, -0.05) is 24.3 Å². The van der Waals surface area contributed by atoms with Gasteiger partial charge in [0, 0.05) is 23.0 Å². The lowest BCUT2D eigenvalue weighted by atomic mass is 10.0. The van der Waals surface area contributed by atoms with Crippen LogP contribution in [0.5, 0.6) is 5.75 Å². The predicted molar refractivity (Wildman–Crippen MR) is 113 cm³/mol. The van der Waals surface area contributed by atoms with E-state index in [0.717, 1.165) is 16.8 Å². The number of aromatic nitrogens is 3. The quantitative estimate of drug-likeness (QED) is 0.494. The van der Waals surface area contributed by atoms with Crippen LogP contribution in [0.25, 0.3) is 22.3 Å². The number of pyridine rings is 1. The van der Waals surface area contributed by atoms with E-state index in [0.29, 0.717) is 35.4 Å². The monoisotopic (exact) mass is 440 g/mol. The van der Waals surface area contributed by atoms with E-state index < -0.39 is 6.36 Å². The van der Waals surface area contributed by atoms with Gasteiger partial charge in [-0.3, -0.25) is 9.48 Å². The number of hydrogen-bond donors (Lipinski definition) is 2. The summed E-state index contributed by atoms with van der Waals surface area (Å²) in [5.74, 6) is -0.255. The molecule has 1 aliphatic rings. The molecule has 5 rings (SSSR count). The summed E-state index contributed by atoms with van der Waals surface area (Å²) in [6.45, 7) is 2.82. The van der Waals surface area contributed by atoms with E-state index in [1.165, 1.54) is 12.1 Å². The summed E-state index contributed by atoms with van der Waals surface area (Å²) in [6.07, 6.45) is -4.72. The Bertz CT molecular complexity index is 1360. The summed E-state index contributed by atoms with van der Waals surface area (Å²) in [5.41, 5.74) is 4.47. The Hall–Kier alpha value is -3.59. The van der Waals surface area contributed by atoms with E-state index >= 15 is 0 Å². The second kappa shape index (κ2) is 7.52. The molecule has 4 aromatic rings. The fraction of sp³-hybridized carbons (Fsp3) is 0.217. The standard InChI is InChI=1S/C23H19F3N4O2/c1-13-21(28-18-5-3-2-4-17(18)22(13)31)19-10-15-11-27-20(12-30(15)29-19)14-6-8-16(9-7-14)32-23(24,25)26/h2-10,20,27H,11-12H2,1H3,(H,28,31). The maximum Gasteiger partial charge on any atom is 0.573 e. The summed E-state index contributed by atoms with van der Waals surface area (Å²) in [5, 5.41) is 8.73. The largest absolute Gasteiger partial charge is 0.573 e. The van der Waals surface area contributed by atoms with E-state index in [9.17, 15) is 18.0 Å². The zero-order chi connectivity index (χ0) is 22.5. The van der Waals surface area contributed by atoms with Gasteiger partial charge in [-0.25, -0.2) is 0 Å². The first kappa shape index (κ1) is 20.3. The molecule has 1 unspecified atom stereocenters. The molecule has 164 valence electrons. The van der Waals surface area contributed by atoms with Crippen LogP contribution in [-0.4, -0.2) is 21.1 Å². The van der Waals surface area contributed by atoms with E-state index in [-0.39, 0.29) is 17.2 Å². The lowest BCUT2D eigenvalue weighted by Crippen LogP contribution is -2.32. The highest BCUT2D eigenvalue weighted by Gasteiger charge is 2.31. The topological polar surface area (TPSA) is 71.9 Å². The number of fused-ring (bicyclic) bond motifs is 2. The zero-order valence-corrected chi connectivity index (χ0v) is 17.0. The minimum Gasteiger partial charge on any atom is -0.406 e. The lowest BCUT2D eigenvalue weighted by Gasteiger charge is -2.25. The number of para-hydroxylation sites is 1. The van der Waals surface area contributed by atoms with Gasteiger partial charge < -0.3 is 15.0 Å². The molecule has 0 aliphatic carbocycles. The molecule has 0 bridgehead atoms. The Balaban J connectivity index is 1.42. The van der Waals surface area contributed by atoms with Crippen molar-refractivity contribution < 1.29 is 17.9 Å². The van der Waals surface area contributed by atoms with Gasteiger partial charge in [0.05, 0.1) is 24.0 Å². The molecule has 6 nitrogen and oxygen atoms in total. The molecule has 9 heteroatoms. The van der Waals surface area contributed by atoms with Crippen LogP contribution in [0, 0.1) is 6.92 Å². The van der Waals surface area contributed by atoms with Crippen LogP contribution >= 0.6 is 0 Å². The SMILES string of the molecule is Cc1c(-c2cc3n(n2)CC(c2ccc(OC(F)(F)F)cc2)NC3)[nH]c2ccccc2c1=O. The Kier molecular flexibility index (Phi) is 4.78. The average Bonchev–Trinajstić information content (AvgIpc) is 3.19. The van der Waals surface area contributed by atoms with Crippen LogP contribution in [-0.2, 0) is 13.1 Å². The number of H-pyrrole nitrogens is 1. The highest BCUT2D eigenvalue weighted by Crippen LogP contribution is 2.28. The fourth-order valence-corrected chi connectivity index (χ4v) is 4.06. The Morgan fingerprint density at radius 2 is 1.88 bits per heavy atom. The van der Waals surface area contributed by atoms with Crippen LogP contribution in [0.15, 0.2) is 59.4 Å². The molecule has 32 heavy (non-hydrogen) atoms. The van der Waals surface area contributed by atoms with E-state index in [2.05, 4.69) is 15.0 Å². The predicted octanol–water partition coefficient (Wildman–Crippen LogP) is 4.44. The molecule has 1 atom stereocenters. The number of nitrogens with zero attached hydrogens (tertiary/aromatic N) is 2. The van der Waals surface area contributed by atoms with Crippen molar-refractivity contribution in [2.24, 2.45) is 0 Å². The minimum atomic E-state index is -4.72. The first-order valence-corrected chi connectivity index (χ1v) is 10.1. The molecule has 0 saturated carbocycles. The number of halogens is 3. The molecule has 2 aromatic carbocycles. The van der Waals surface area contributed by atoms with E-state index in [1.807, 2.05) is 28.9 Å². The molecule has 0 amide bonds. The van der Waals surface area contributed by atoms with Crippen LogP contribution in [0.3, 0.4) is 0 Å². The smallest absolute Gasteiger partial charge is 0.406 e. The van der Waals surface area contributed by atoms with Crippen LogP contribution in [0.2, 0.25) is 0 Å². The lowest BCUT2D eigenvalue weighted by molar-refractivity contribution is -0.274. The van der Waals surface area contributed by atoms with Crippen molar-refractivity contribution in [1.29, 1.82) is 0 Å². The summed E-state index contributed by atoms with van der Waals surface area (Å²) in [4.78, 5) is 16.1. The van der Waals surface area contributed by atoms with Crippen LogP contribution in [0.1, 0.15) is 22.9 Å². The number of aromatic amines is 1. The van der Waals surface area contributed by atoms with Crippen molar-refractivity contribution in [1.82, 2.24) is 20.1 Å². The Labute approximate surface area is 180 Å². The summed E-state index contributed by atoms with van der Waals surface area (Å²) in [7, 11) is 0. The summed E-state index contributed by atoms with van der Waals surface area (Å²) < 4.78 is 42.9. The van der Waals surface area contributed by atoms with Crippen molar-refractivity contribution in [3.8, 4) is 17.1 Å². The molecule has 2 aromatic heterocycles. The molecule has 2 N–H and O–H groups in total. The van der Waals surface area contributed by atoms with Gasteiger partial charge in [0.1, 0.15) is 11.4 Å². The maximum atomic E-state index is 12.8. The van der Waals surface area contributed by atoms with Gasteiger partial charge in [0.25, 0.3) is 0 Å². The minimum absolute atomic E-state index is 0.0301. The van der Waals surface area contributed by atoms with Gasteiger partial charge in [0.15, 0.2) is 5.43 Å². The molecule has 0 fully saturated rings. The normalized spacial score (nSPS) is 16.2. The van der Waals surface area contributed by atoms with Crippen molar-refractivity contribution in [3.05, 3.63) is 81.6 Å². The second-order valence-corrected chi connectivity index (χ2v) is 7.75. The molecule has 0 radical (unpaired) electrons. The highest BCUT2D eigenvalue weighted by atomic mass is 19.4. The van der Waals surface area contributed by atoms with Crippen LogP contribution < -0.4 is 15.5 Å². The fourth-order valence-electron chi connectivity index (χ4n) is 4.06. The van der Waals surface area contributed by atoms with Gasteiger partial charge in [-0.05, 0) is 42.8 Å². The van der Waals surface area contributed by atoms with Crippen molar-refractivity contribution >= 4 is 10.9 Å². The van der Waals surface area contributed by atoms with Crippen LogP contribution in [0.4, 0.5) is 13.2 Å². The van der Waals surface area contributed by atoms with Crippen molar-refractivity contribution in [2.45, 2.75) is 32.4 Å².